The molecule has 0 radical (unpaired) electrons. The molecule has 0 aliphatic rings. The quantitative estimate of drug-likeness (QED) is 0.257. The van der Waals surface area contributed by atoms with Gasteiger partial charge in [-0.05, 0) is 59.5 Å². The highest BCUT2D eigenvalue weighted by Gasteiger charge is 2.30. The topological polar surface area (TPSA) is 35.5 Å². The van der Waals surface area contributed by atoms with Gasteiger partial charge in [-0.2, -0.15) is 26.3 Å². The Labute approximate surface area is 191 Å². The minimum atomic E-state index is -4.43. The van der Waals surface area contributed by atoms with E-state index < -0.39 is 29.4 Å². The monoisotopic (exact) mass is 482 g/mol. The first-order valence-electron chi connectivity index (χ1n) is 10.2. The van der Waals surface area contributed by atoms with Crippen molar-refractivity contribution in [3.63, 3.8) is 0 Å². The van der Waals surface area contributed by atoms with E-state index in [2.05, 4.69) is 0 Å². The minimum Gasteiger partial charge on any atom is -0.489 e. The summed E-state index contributed by atoms with van der Waals surface area (Å²) >= 11 is 0. The fraction of sp³-hybridized carbons (Fsp3) is 0.240. The number of hydrogen-bond acceptors (Lipinski definition) is 3. The van der Waals surface area contributed by atoms with Crippen molar-refractivity contribution in [2.24, 2.45) is 0 Å². The van der Waals surface area contributed by atoms with Gasteiger partial charge >= 0.3 is 18.3 Å². The zero-order valence-electron chi connectivity index (χ0n) is 17.7. The van der Waals surface area contributed by atoms with Crippen molar-refractivity contribution in [2.45, 2.75) is 38.4 Å². The Kier molecular flexibility index (Phi) is 7.86. The molecule has 0 aliphatic carbocycles. The fourth-order valence-electron chi connectivity index (χ4n) is 3.02. The summed E-state index contributed by atoms with van der Waals surface area (Å²) in [5, 5.41) is 0. The third kappa shape index (κ3) is 7.54. The second kappa shape index (κ2) is 10.6. The van der Waals surface area contributed by atoms with E-state index in [1.807, 2.05) is 0 Å². The molecule has 0 heterocycles. The highest BCUT2D eigenvalue weighted by atomic mass is 19.4. The van der Waals surface area contributed by atoms with Gasteiger partial charge in [0.15, 0.2) is 0 Å². The summed E-state index contributed by atoms with van der Waals surface area (Å²) in [5.74, 6) is -0.00788. The normalized spacial score (nSPS) is 11.8. The lowest BCUT2D eigenvalue weighted by Gasteiger charge is -2.10. The van der Waals surface area contributed by atoms with Crippen LogP contribution in [0.1, 0.15) is 34.2 Å². The Bertz CT molecular complexity index is 1090. The zero-order valence-corrected chi connectivity index (χ0v) is 17.7. The van der Waals surface area contributed by atoms with Crippen molar-refractivity contribution in [1.82, 2.24) is 0 Å². The molecule has 0 amide bonds. The van der Waals surface area contributed by atoms with E-state index in [9.17, 15) is 31.1 Å². The van der Waals surface area contributed by atoms with Gasteiger partial charge in [-0.1, -0.05) is 36.4 Å². The molecule has 0 N–H and O–H groups in total. The first-order chi connectivity index (χ1) is 16.0. The van der Waals surface area contributed by atoms with Crippen LogP contribution in [0, 0.1) is 0 Å². The average molecular weight is 482 g/mol. The molecule has 3 aromatic rings. The molecular formula is C25H20F6O3. The zero-order chi connectivity index (χ0) is 24.8. The van der Waals surface area contributed by atoms with Crippen LogP contribution in [0.25, 0.3) is 0 Å². The van der Waals surface area contributed by atoms with Crippen LogP contribution in [0.4, 0.5) is 26.3 Å². The van der Waals surface area contributed by atoms with Crippen LogP contribution in [0.15, 0.2) is 72.8 Å². The van der Waals surface area contributed by atoms with Gasteiger partial charge in [0.2, 0.25) is 0 Å². The minimum absolute atomic E-state index is 0.0585. The van der Waals surface area contributed by atoms with Crippen molar-refractivity contribution in [3.05, 3.63) is 101 Å². The number of halogens is 6. The molecule has 0 spiro atoms. The number of hydrogen-bond donors (Lipinski definition) is 0. The largest absolute Gasteiger partial charge is 0.489 e. The number of ether oxygens (including phenoxy) is 2. The van der Waals surface area contributed by atoms with Crippen molar-refractivity contribution in [3.8, 4) is 5.75 Å². The van der Waals surface area contributed by atoms with Gasteiger partial charge in [0.05, 0.1) is 11.1 Å². The van der Waals surface area contributed by atoms with E-state index in [4.69, 9.17) is 9.47 Å². The molecule has 0 bridgehead atoms. The van der Waals surface area contributed by atoms with Gasteiger partial charge in [0.1, 0.15) is 19.0 Å². The molecule has 3 rings (SSSR count). The first-order valence-corrected chi connectivity index (χ1v) is 10.2. The van der Waals surface area contributed by atoms with Crippen molar-refractivity contribution in [2.75, 3.05) is 0 Å². The van der Waals surface area contributed by atoms with E-state index in [0.717, 1.165) is 29.8 Å². The summed E-state index contributed by atoms with van der Waals surface area (Å²) in [6.07, 6.45) is -8.41. The van der Waals surface area contributed by atoms with Gasteiger partial charge in [0.25, 0.3) is 0 Å². The lowest BCUT2D eigenvalue weighted by Crippen LogP contribution is -2.07. The summed E-state index contributed by atoms with van der Waals surface area (Å²) in [5.41, 5.74) is 0.299. The predicted octanol–water partition coefficient (Wildman–Crippen LogP) is 6.98. The van der Waals surface area contributed by atoms with Gasteiger partial charge in [0, 0.05) is 6.42 Å². The van der Waals surface area contributed by atoms with E-state index in [0.29, 0.717) is 23.3 Å². The summed E-state index contributed by atoms with van der Waals surface area (Å²) in [4.78, 5) is 12.0. The molecule has 0 saturated heterocycles. The van der Waals surface area contributed by atoms with Gasteiger partial charge in [-0.15, -0.1) is 0 Å². The number of aryl methyl sites for hydroxylation is 1. The lowest BCUT2D eigenvalue weighted by atomic mass is 10.1. The molecule has 3 nitrogen and oxygen atoms in total. The maximum atomic E-state index is 12.6. The van der Waals surface area contributed by atoms with E-state index in [1.54, 1.807) is 24.3 Å². The van der Waals surface area contributed by atoms with Crippen LogP contribution in [-0.2, 0) is 41.5 Å². The number of carbonyl (C=O) groups excluding carboxylic acids is 1. The Hall–Kier alpha value is -3.49. The third-order valence-electron chi connectivity index (χ3n) is 4.88. The van der Waals surface area contributed by atoms with E-state index in [1.165, 1.54) is 24.3 Å². The second-order valence-corrected chi connectivity index (χ2v) is 7.49. The first kappa shape index (κ1) is 25.1. The SMILES string of the molecule is O=C(CCc1cccc(OCc2ccc(C(F)(F)F)cc2)c1)OCc1ccc(C(F)(F)F)cc1. The smallest absolute Gasteiger partial charge is 0.416 e. The maximum absolute atomic E-state index is 12.6. The lowest BCUT2D eigenvalue weighted by molar-refractivity contribution is -0.145. The van der Waals surface area contributed by atoms with Crippen LogP contribution in [0.3, 0.4) is 0 Å². The Morgan fingerprint density at radius 1 is 0.676 bits per heavy atom. The molecular weight excluding hydrogens is 462 g/mol. The Morgan fingerprint density at radius 2 is 1.21 bits per heavy atom. The molecule has 0 fully saturated rings. The predicted molar refractivity (Wildman–Crippen MR) is 112 cm³/mol. The van der Waals surface area contributed by atoms with Crippen LogP contribution in [0.2, 0.25) is 0 Å². The number of rotatable bonds is 8. The molecule has 0 aliphatic heterocycles. The highest BCUT2D eigenvalue weighted by molar-refractivity contribution is 5.69. The Morgan fingerprint density at radius 3 is 1.74 bits per heavy atom. The molecule has 0 aromatic heterocycles. The van der Waals surface area contributed by atoms with Crippen LogP contribution < -0.4 is 4.74 Å². The molecule has 0 unspecified atom stereocenters. The van der Waals surface area contributed by atoms with Crippen molar-refractivity contribution < 1.29 is 40.6 Å². The molecule has 0 atom stereocenters. The molecule has 9 heteroatoms. The van der Waals surface area contributed by atoms with Gasteiger partial charge in [-0.25, -0.2) is 0 Å². The number of benzene rings is 3. The van der Waals surface area contributed by atoms with Gasteiger partial charge < -0.3 is 9.47 Å². The van der Waals surface area contributed by atoms with Crippen molar-refractivity contribution >= 4 is 5.97 Å². The number of esters is 1. The second-order valence-electron chi connectivity index (χ2n) is 7.49. The van der Waals surface area contributed by atoms with Gasteiger partial charge in [-0.3, -0.25) is 4.79 Å². The standard InChI is InChI=1S/C25H20F6O3/c26-24(27,28)20-9-4-18(5-10-20)15-33-22-3-1-2-17(14-22)8-13-23(32)34-16-19-6-11-21(12-7-19)25(29,30)31/h1-7,9-12,14H,8,13,15-16H2. The summed E-state index contributed by atoms with van der Waals surface area (Å²) in [6.45, 7) is -0.0516. The Balaban J connectivity index is 1.45. The molecule has 0 saturated carbocycles. The van der Waals surface area contributed by atoms with Crippen molar-refractivity contribution in [1.29, 1.82) is 0 Å². The van der Waals surface area contributed by atoms with E-state index >= 15 is 0 Å². The fourth-order valence-corrected chi connectivity index (χ4v) is 3.02. The molecule has 3 aromatic carbocycles. The average Bonchev–Trinajstić information content (AvgIpc) is 2.80. The summed E-state index contributed by atoms with van der Waals surface area (Å²) in [7, 11) is 0. The number of alkyl halides is 6. The molecule has 180 valence electrons. The summed E-state index contributed by atoms with van der Waals surface area (Å²) in [6, 6.07) is 16.0. The molecule has 34 heavy (non-hydrogen) atoms. The van der Waals surface area contributed by atoms with E-state index in [-0.39, 0.29) is 19.6 Å². The maximum Gasteiger partial charge on any atom is 0.416 e. The summed E-state index contributed by atoms with van der Waals surface area (Å²) < 4.78 is 86.4. The van der Waals surface area contributed by atoms with Crippen LogP contribution >= 0.6 is 0 Å². The van der Waals surface area contributed by atoms with Crippen LogP contribution in [-0.4, -0.2) is 5.97 Å². The third-order valence-corrected chi connectivity index (χ3v) is 4.88. The van der Waals surface area contributed by atoms with Crippen LogP contribution in [0.5, 0.6) is 5.75 Å². The highest BCUT2D eigenvalue weighted by Crippen LogP contribution is 2.30. The number of carbonyl (C=O) groups is 1.